The van der Waals surface area contributed by atoms with Gasteiger partial charge in [-0.1, -0.05) is 23.5 Å². The van der Waals surface area contributed by atoms with Crippen molar-refractivity contribution in [1.82, 2.24) is 10.2 Å². The van der Waals surface area contributed by atoms with E-state index in [2.05, 4.69) is 15.5 Å². The molecule has 0 aliphatic rings. The molecule has 0 unspecified atom stereocenters. The van der Waals surface area contributed by atoms with Crippen molar-refractivity contribution in [3.05, 3.63) is 29.8 Å². The predicted molar refractivity (Wildman–Crippen MR) is 88.7 cm³/mol. The normalized spacial score (nSPS) is 12.3. The molecular formula is C14H20BN3O3S. The van der Waals surface area contributed by atoms with Crippen LogP contribution in [0, 0.1) is 0 Å². The number of nitrogens with zero attached hydrogens (tertiary/aromatic N) is 2. The first kappa shape index (κ1) is 16.9. The molecule has 6 nitrogen and oxygen atoms in total. The average Bonchev–Trinajstić information content (AvgIpc) is 2.90. The van der Waals surface area contributed by atoms with Crippen LogP contribution in [0.25, 0.3) is 0 Å². The van der Waals surface area contributed by atoms with Crippen LogP contribution in [0.4, 0.5) is 10.8 Å². The molecule has 0 bridgehead atoms. The molecule has 3 N–H and O–H groups in total. The third kappa shape index (κ3) is 4.04. The Morgan fingerprint density at radius 3 is 2.59 bits per heavy atom. The van der Waals surface area contributed by atoms with Crippen LogP contribution < -0.4 is 10.8 Å². The van der Waals surface area contributed by atoms with E-state index in [1.807, 2.05) is 12.1 Å². The molecule has 0 saturated heterocycles. The molecule has 0 saturated carbocycles. The second-order valence-corrected chi connectivity index (χ2v) is 6.87. The van der Waals surface area contributed by atoms with E-state index < -0.39 is 18.3 Å². The summed E-state index contributed by atoms with van der Waals surface area (Å²) in [4.78, 5) is 0. The zero-order valence-corrected chi connectivity index (χ0v) is 13.9. The first-order valence-corrected chi connectivity index (χ1v) is 7.78. The number of rotatable bonds is 6. The number of hydrogen-bond donors (Lipinski definition) is 3. The highest BCUT2D eigenvalue weighted by atomic mass is 32.1. The topological polar surface area (TPSA) is 87.5 Å². The van der Waals surface area contributed by atoms with Crippen molar-refractivity contribution >= 4 is 34.7 Å². The van der Waals surface area contributed by atoms with E-state index in [0.29, 0.717) is 10.6 Å². The van der Waals surface area contributed by atoms with Gasteiger partial charge in [-0.05, 0) is 45.3 Å². The van der Waals surface area contributed by atoms with Crippen LogP contribution in [0.3, 0.4) is 0 Å². The Labute approximate surface area is 134 Å². The van der Waals surface area contributed by atoms with Gasteiger partial charge in [-0.15, -0.1) is 10.2 Å². The molecular weight excluding hydrogens is 301 g/mol. The van der Waals surface area contributed by atoms with Gasteiger partial charge in [0.2, 0.25) is 5.13 Å². The number of aliphatic hydroxyl groups is 1. The van der Waals surface area contributed by atoms with Crippen LogP contribution in [-0.4, -0.2) is 38.6 Å². The van der Waals surface area contributed by atoms with Crippen molar-refractivity contribution in [3.8, 4) is 0 Å². The van der Waals surface area contributed by atoms with Gasteiger partial charge in [-0.25, -0.2) is 0 Å². The summed E-state index contributed by atoms with van der Waals surface area (Å²) >= 11 is 1.39. The second kappa shape index (κ2) is 6.33. The van der Waals surface area contributed by atoms with E-state index >= 15 is 0 Å². The van der Waals surface area contributed by atoms with E-state index in [1.54, 1.807) is 45.3 Å². The van der Waals surface area contributed by atoms with Gasteiger partial charge >= 0.3 is 7.12 Å². The lowest BCUT2D eigenvalue weighted by Crippen LogP contribution is -2.53. The number of nitrogens with one attached hydrogen (secondary N) is 1. The van der Waals surface area contributed by atoms with Gasteiger partial charge in [0.15, 0.2) is 0 Å². The van der Waals surface area contributed by atoms with Gasteiger partial charge in [-0.3, -0.25) is 0 Å². The molecule has 1 heterocycles. The molecule has 0 spiro atoms. The summed E-state index contributed by atoms with van der Waals surface area (Å²) in [5, 5.41) is 31.8. The van der Waals surface area contributed by atoms with E-state index in [-0.39, 0.29) is 0 Å². The van der Waals surface area contributed by atoms with Crippen molar-refractivity contribution in [1.29, 1.82) is 0 Å². The predicted octanol–water partition coefficient (Wildman–Crippen LogP) is 1.54. The number of hydrogen-bond acceptors (Lipinski definition) is 7. The average molecular weight is 321 g/mol. The molecule has 1 aromatic carbocycles. The highest BCUT2D eigenvalue weighted by Gasteiger charge is 2.39. The van der Waals surface area contributed by atoms with Gasteiger partial charge in [0.25, 0.3) is 0 Å². The summed E-state index contributed by atoms with van der Waals surface area (Å²) < 4.78 is 5.63. The fourth-order valence-electron chi connectivity index (χ4n) is 1.61. The van der Waals surface area contributed by atoms with Crippen molar-refractivity contribution < 1.29 is 14.8 Å². The number of anilines is 2. The van der Waals surface area contributed by atoms with Crippen LogP contribution in [0.15, 0.2) is 29.8 Å². The largest absolute Gasteiger partial charge is 0.491 e. The van der Waals surface area contributed by atoms with Crippen LogP contribution in [0.5, 0.6) is 0 Å². The minimum atomic E-state index is -1.14. The summed E-state index contributed by atoms with van der Waals surface area (Å²) in [6.45, 7) is 6.76. The molecule has 1 aromatic heterocycles. The third-order valence-electron chi connectivity index (χ3n) is 3.66. The Hall–Kier alpha value is -1.48. The van der Waals surface area contributed by atoms with Gasteiger partial charge in [-0.2, -0.15) is 0 Å². The molecule has 8 heteroatoms. The maximum Gasteiger partial charge on any atom is 0.491 e. The van der Waals surface area contributed by atoms with E-state index in [4.69, 9.17) is 4.65 Å². The maximum atomic E-state index is 10.3. The maximum absolute atomic E-state index is 10.3. The van der Waals surface area contributed by atoms with Gasteiger partial charge < -0.3 is 20.1 Å². The summed E-state index contributed by atoms with van der Waals surface area (Å²) in [6, 6.07) is 7.20. The summed E-state index contributed by atoms with van der Waals surface area (Å²) in [7, 11) is -1.14. The molecule has 118 valence electrons. The van der Waals surface area contributed by atoms with Crippen LogP contribution in [0.2, 0.25) is 0 Å². The molecule has 0 fully saturated rings. The summed E-state index contributed by atoms with van der Waals surface area (Å²) in [6.07, 6.45) is 0. The quantitative estimate of drug-likeness (QED) is 0.700. The first-order valence-electron chi connectivity index (χ1n) is 6.90. The van der Waals surface area contributed by atoms with Crippen molar-refractivity contribution in [2.24, 2.45) is 0 Å². The molecule has 2 aromatic rings. The lowest BCUT2D eigenvalue weighted by molar-refractivity contribution is -0.0982. The minimum Gasteiger partial charge on any atom is -0.423 e. The number of aromatic nitrogens is 2. The molecule has 2 rings (SSSR count). The van der Waals surface area contributed by atoms with Gasteiger partial charge in [0, 0.05) is 5.69 Å². The van der Waals surface area contributed by atoms with E-state index in [0.717, 1.165) is 5.69 Å². The fraction of sp³-hybridized carbons (Fsp3) is 0.429. The Balaban J connectivity index is 2.12. The van der Waals surface area contributed by atoms with E-state index in [1.165, 1.54) is 11.3 Å². The lowest BCUT2D eigenvalue weighted by Gasteiger charge is -2.38. The zero-order valence-electron chi connectivity index (χ0n) is 13.1. The van der Waals surface area contributed by atoms with Crippen molar-refractivity contribution in [3.63, 3.8) is 0 Å². The smallest absolute Gasteiger partial charge is 0.423 e. The van der Waals surface area contributed by atoms with Crippen LogP contribution in [-0.2, 0) is 4.65 Å². The van der Waals surface area contributed by atoms with E-state index in [9.17, 15) is 10.1 Å². The SMILES string of the molecule is CC(C)(O)C(C)(C)OB(O)c1cccc(Nc2nncs2)c1. The Bertz CT molecular complexity index is 614. The highest BCUT2D eigenvalue weighted by Crippen LogP contribution is 2.25. The number of benzene rings is 1. The molecule has 0 aliphatic heterocycles. The van der Waals surface area contributed by atoms with Crippen molar-refractivity contribution in [2.45, 2.75) is 38.9 Å². The first-order chi connectivity index (χ1) is 10.2. The third-order valence-corrected chi connectivity index (χ3v) is 4.27. The Morgan fingerprint density at radius 2 is 2.00 bits per heavy atom. The lowest BCUT2D eigenvalue weighted by atomic mass is 9.76. The van der Waals surface area contributed by atoms with Crippen LogP contribution in [0.1, 0.15) is 27.7 Å². The molecule has 22 heavy (non-hydrogen) atoms. The fourth-order valence-corrected chi connectivity index (χ4v) is 2.08. The molecule has 0 atom stereocenters. The summed E-state index contributed by atoms with van der Waals surface area (Å²) in [5.74, 6) is 0. The minimum absolute atomic E-state index is 0.590. The molecule has 0 amide bonds. The zero-order chi connectivity index (χ0) is 16.4. The molecule has 0 radical (unpaired) electrons. The Morgan fingerprint density at radius 1 is 1.27 bits per heavy atom. The molecule has 0 aliphatic carbocycles. The second-order valence-electron chi connectivity index (χ2n) is 6.03. The van der Waals surface area contributed by atoms with Crippen LogP contribution >= 0.6 is 11.3 Å². The monoisotopic (exact) mass is 321 g/mol. The highest BCUT2D eigenvalue weighted by molar-refractivity contribution is 7.13. The summed E-state index contributed by atoms with van der Waals surface area (Å²) in [5.41, 5.74) is 1.01. The van der Waals surface area contributed by atoms with Crippen molar-refractivity contribution in [2.75, 3.05) is 5.32 Å². The Kier molecular flexibility index (Phi) is 4.86. The van der Waals surface area contributed by atoms with Gasteiger partial charge in [0.1, 0.15) is 5.51 Å². The standard InChI is InChI=1S/C14H20BN3O3S/c1-13(2,19)14(3,4)21-15(20)10-6-5-7-11(8-10)17-12-18-16-9-22-12/h5-9,19-20H,1-4H3,(H,17,18). The van der Waals surface area contributed by atoms with Gasteiger partial charge in [0.05, 0.1) is 11.2 Å².